The molecule has 1 saturated heterocycles. The summed E-state index contributed by atoms with van der Waals surface area (Å²) in [7, 11) is 0. The van der Waals surface area contributed by atoms with Crippen molar-refractivity contribution in [2.75, 3.05) is 25.1 Å². The summed E-state index contributed by atoms with van der Waals surface area (Å²) in [5, 5.41) is 4.30. The van der Waals surface area contributed by atoms with E-state index in [1.54, 1.807) is 12.1 Å². The molecule has 0 atom stereocenters. The Morgan fingerprint density at radius 1 is 1.03 bits per heavy atom. The molecule has 0 spiro atoms. The summed E-state index contributed by atoms with van der Waals surface area (Å²) < 4.78 is 45.7. The molecular weight excluding hydrogens is 401 g/mol. The van der Waals surface area contributed by atoms with Crippen molar-refractivity contribution in [2.45, 2.75) is 24.4 Å². The van der Waals surface area contributed by atoms with Gasteiger partial charge in [-0.2, -0.15) is 13.2 Å². The van der Waals surface area contributed by atoms with Gasteiger partial charge in [0, 0.05) is 41.3 Å². The SMILES string of the molecule is FC(F)(F)c1cc(NCC2(c3ccccc3)CCOCC2)c2cc(Cl)ccc2n1. The van der Waals surface area contributed by atoms with Gasteiger partial charge in [0.1, 0.15) is 5.69 Å². The van der Waals surface area contributed by atoms with E-state index in [9.17, 15) is 13.2 Å². The van der Waals surface area contributed by atoms with Crippen molar-refractivity contribution in [2.24, 2.45) is 0 Å². The minimum atomic E-state index is -4.53. The number of rotatable bonds is 4. The summed E-state index contributed by atoms with van der Waals surface area (Å²) in [6.07, 6.45) is -2.94. The molecule has 1 aliphatic rings. The molecule has 29 heavy (non-hydrogen) atoms. The van der Waals surface area contributed by atoms with Crippen LogP contribution in [0.3, 0.4) is 0 Å². The zero-order chi connectivity index (χ0) is 20.5. The quantitative estimate of drug-likeness (QED) is 0.556. The standard InChI is InChI=1S/C22H20ClF3N2O/c23-16-6-7-18-17(12-16)19(13-20(28-18)22(24,25)26)27-14-21(8-10-29-11-9-21)15-4-2-1-3-5-15/h1-7,12-13H,8-11,14H2,(H,27,28). The number of alkyl halides is 3. The van der Waals surface area contributed by atoms with Crippen LogP contribution in [0, 0.1) is 0 Å². The topological polar surface area (TPSA) is 34.1 Å². The van der Waals surface area contributed by atoms with Gasteiger partial charge in [0.15, 0.2) is 0 Å². The average molecular weight is 421 g/mol. The molecule has 1 fully saturated rings. The Labute approximate surface area is 171 Å². The van der Waals surface area contributed by atoms with Gasteiger partial charge in [-0.25, -0.2) is 4.98 Å². The second-order valence-corrected chi connectivity index (χ2v) is 7.76. The second kappa shape index (κ2) is 7.84. The highest BCUT2D eigenvalue weighted by Crippen LogP contribution is 2.38. The molecule has 1 N–H and O–H groups in total. The Kier molecular flexibility index (Phi) is 5.40. The van der Waals surface area contributed by atoms with Gasteiger partial charge < -0.3 is 10.1 Å². The van der Waals surface area contributed by atoms with E-state index >= 15 is 0 Å². The Morgan fingerprint density at radius 3 is 2.45 bits per heavy atom. The predicted octanol–water partition coefficient (Wildman–Crippen LogP) is 6.07. The van der Waals surface area contributed by atoms with E-state index in [1.165, 1.54) is 6.07 Å². The van der Waals surface area contributed by atoms with E-state index in [-0.39, 0.29) is 10.9 Å². The first-order valence-corrected chi connectivity index (χ1v) is 9.80. The summed E-state index contributed by atoms with van der Waals surface area (Å²) in [5.74, 6) is 0. The van der Waals surface area contributed by atoms with Gasteiger partial charge in [-0.15, -0.1) is 0 Å². The molecule has 0 unspecified atom stereocenters. The van der Waals surface area contributed by atoms with Gasteiger partial charge in [-0.3, -0.25) is 0 Å². The molecular formula is C22H20ClF3N2O. The lowest BCUT2D eigenvalue weighted by atomic mass is 9.74. The number of nitrogens with zero attached hydrogens (tertiary/aromatic N) is 1. The predicted molar refractivity (Wildman–Crippen MR) is 108 cm³/mol. The summed E-state index contributed by atoms with van der Waals surface area (Å²) in [5.41, 5.74) is 0.657. The van der Waals surface area contributed by atoms with Crippen molar-refractivity contribution in [1.29, 1.82) is 0 Å². The molecule has 1 aliphatic heterocycles. The van der Waals surface area contributed by atoms with Crippen molar-refractivity contribution in [3.05, 3.63) is 70.9 Å². The summed E-state index contributed by atoms with van der Waals surface area (Å²) in [6.45, 7) is 1.73. The lowest BCUT2D eigenvalue weighted by Crippen LogP contribution is -2.40. The molecule has 0 bridgehead atoms. The Morgan fingerprint density at radius 2 is 1.76 bits per heavy atom. The van der Waals surface area contributed by atoms with Gasteiger partial charge in [0.25, 0.3) is 0 Å². The number of fused-ring (bicyclic) bond motifs is 1. The van der Waals surface area contributed by atoms with Crippen molar-refractivity contribution >= 4 is 28.2 Å². The van der Waals surface area contributed by atoms with E-state index < -0.39 is 11.9 Å². The molecule has 0 aliphatic carbocycles. The van der Waals surface area contributed by atoms with Gasteiger partial charge in [-0.05, 0) is 42.7 Å². The summed E-state index contributed by atoms with van der Waals surface area (Å²) in [6, 6.07) is 15.8. The van der Waals surface area contributed by atoms with Crippen LogP contribution in [0.2, 0.25) is 5.02 Å². The van der Waals surface area contributed by atoms with Crippen LogP contribution in [0.4, 0.5) is 18.9 Å². The van der Waals surface area contributed by atoms with Crippen LogP contribution >= 0.6 is 11.6 Å². The van der Waals surface area contributed by atoms with Crippen molar-refractivity contribution in [3.8, 4) is 0 Å². The minimum Gasteiger partial charge on any atom is -0.384 e. The van der Waals surface area contributed by atoms with Gasteiger partial charge in [0.2, 0.25) is 0 Å². The fraction of sp³-hybridized carbons (Fsp3) is 0.318. The number of aromatic nitrogens is 1. The molecule has 0 amide bonds. The minimum absolute atomic E-state index is 0.216. The molecule has 3 aromatic rings. The molecule has 3 nitrogen and oxygen atoms in total. The number of anilines is 1. The fourth-order valence-corrected chi connectivity index (χ4v) is 4.05. The largest absolute Gasteiger partial charge is 0.433 e. The first-order chi connectivity index (χ1) is 13.9. The van der Waals surface area contributed by atoms with Gasteiger partial charge in [0.05, 0.1) is 5.52 Å². The molecule has 0 radical (unpaired) electrons. The monoisotopic (exact) mass is 420 g/mol. The first-order valence-electron chi connectivity index (χ1n) is 9.42. The van der Waals surface area contributed by atoms with E-state index in [2.05, 4.69) is 22.4 Å². The highest BCUT2D eigenvalue weighted by molar-refractivity contribution is 6.31. The smallest absolute Gasteiger partial charge is 0.384 e. The van der Waals surface area contributed by atoms with Gasteiger partial charge >= 0.3 is 6.18 Å². The highest BCUT2D eigenvalue weighted by atomic mass is 35.5. The zero-order valence-electron chi connectivity index (χ0n) is 15.6. The van der Waals surface area contributed by atoms with Gasteiger partial charge in [-0.1, -0.05) is 41.9 Å². The number of nitrogens with one attached hydrogen (secondary N) is 1. The molecule has 2 aromatic carbocycles. The van der Waals surface area contributed by atoms with Crippen LogP contribution in [0.15, 0.2) is 54.6 Å². The number of halogens is 4. The number of hydrogen-bond acceptors (Lipinski definition) is 3. The van der Waals surface area contributed by atoms with Crippen molar-refractivity contribution < 1.29 is 17.9 Å². The molecule has 1 aromatic heterocycles. The van der Waals surface area contributed by atoms with E-state index in [0.717, 1.165) is 24.5 Å². The average Bonchev–Trinajstić information content (AvgIpc) is 2.72. The fourth-order valence-electron chi connectivity index (χ4n) is 3.88. The maximum atomic E-state index is 13.4. The normalized spacial score (nSPS) is 16.7. The third kappa shape index (κ3) is 4.19. The van der Waals surface area contributed by atoms with Crippen LogP contribution in [-0.2, 0) is 16.3 Å². The number of hydrogen-bond donors (Lipinski definition) is 1. The number of ether oxygens (including phenoxy) is 1. The summed E-state index contributed by atoms with van der Waals surface area (Å²) in [4.78, 5) is 3.77. The zero-order valence-corrected chi connectivity index (χ0v) is 16.4. The third-order valence-electron chi connectivity index (χ3n) is 5.51. The number of benzene rings is 2. The van der Waals surface area contributed by atoms with Crippen molar-refractivity contribution in [1.82, 2.24) is 4.98 Å². The Balaban J connectivity index is 1.73. The molecule has 2 heterocycles. The van der Waals surface area contributed by atoms with Crippen LogP contribution < -0.4 is 5.32 Å². The number of pyridine rings is 1. The Hall–Kier alpha value is -2.31. The van der Waals surface area contributed by atoms with E-state index in [4.69, 9.17) is 16.3 Å². The Bertz CT molecular complexity index is 1000. The lowest BCUT2D eigenvalue weighted by molar-refractivity contribution is -0.140. The van der Waals surface area contributed by atoms with Crippen LogP contribution in [0.5, 0.6) is 0 Å². The highest BCUT2D eigenvalue weighted by Gasteiger charge is 2.36. The maximum absolute atomic E-state index is 13.4. The molecule has 7 heteroatoms. The first kappa shape index (κ1) is 20.0. The van der Waals surface area contributed by atoms with E-state index in [1.807, 2.05) is 18.2 Å². The van der Waals surface area contributed by atoms with Crippen LogP contribution in [0.1, 0.15) is 24.1 Å². The van der Waals surface area contributed by atoms with E-state index in [0.29, 0.717) is 35.9 Å². The molecule has 0 saturated carbocycles. The molecule has 4 rings (SSSR count). The third-order valence-corrected chi connectivity index (χ3v) is 5.75. The molecule has 152 valence electrons. The van der Waals surface area contributed by atoms with Crippen molar-refractivity contribution in [3.63, 3.8) is 0 Å². The summed E-state index contributed by atoms with van der Waals surface area (Å²) >= 11 is 6.10. The van der Waals surface area contributed by atoms with Crippen LogP contribution in [-0.4, -0.2) is 24.7 Å². The maximum Gasteiger partial charge on any atom is 0.433 e. The van der Waals surface area contributed by atoms with Crippen LogP contribution in [0.25, 0.3) is 10.9 Å². The lowest BCUT2D eigenvalue weighted by Gasteiger charge is -2.38. The second-order valence-electron chi connectivity index (χ2n) is 7.33.